The number of rotatable bonds is 4. The van der Waals surface area contributed by atoms with Gasteiger partial charge in [0.05, 0.1) is 15.1 Å². The van der Waals surface area contributed by atoms with Gasteiger partial charge in [-0.25, -0.2) is 23.4 Å². The molecule has 174 valence electrons. The predicted octanol–water partition coefficient (Wildman–Crippen LogP) is 3.52. The average molecular weight is 494 g/mol. The lowest BCUT2D eigenvalue weighted by molar-refractivity contribution is 0.0692. The van der Waals surface area contributed by atoms with Crippen LogP contribution < -0.4 is 0 Å². The molecule has 8 nitrogen and oxygen atoms in total. The molecule has 1 fully saturated rings. The third-order valence-electron chi connectivity index (χ3n) is 5.87. The zero-order chi connectivity index (χ0) is 23.9. The molecular formula is C24H23N5O3S2. The zero-order valence-corrected chi connectivity index (χ0v) is 20.4. The molecule has 0 atom stereocenters. The molecule has 1 amide bonds. The van der Waals surface area contributed by atoms with Gasteiger partial charge in [0.15, 0.2) is 5.69 Å². The van der Waals surface area contributed by atoms with Crippen molar-refractivity contribution in [1.82, 2.24) is 24.2 Å². The van der Waals surface area contributed by atoms with E-state index in [1.807, 2.05) is 37.3 Å². The van der Waals surface area contributed by atoms with Crippen LogP contribution in [0.15, 0.2) is 59.8 Å². The lowest BCUT2D eigenvalue weighted by Crippen LogP contribution is -2.50. The summed E-state index contributed by atoms with van der Waals surface area (Å²) < 4.78 is 28.8. The number of carbonyl (C=O) groups excluding carboxylic acids is 1. The van der Waals surface area contributed by atoms with Gasteiger partial charge in [0.25, 0.3) is 5.91 Å². The molecule has 2 aromatic carbocycles. The van der Waals surface area contributed by atoms with Crippen LogP contribution in [0.1, 0.15) is 21.6 Å². The fourth-order valence-electron chi connectivity index (χ4n) is 4.13. The normalized spacial score (nSPS) is 15.1. The van der Waals surface area contributed by atoms with Crippen LogP contribution in [-0.4, -0.2) is 64.7 Å². The second-order valence-corrected chi connectivity index (χ2v) is 11.1. The highest BCUT2D eigenvalue weighted by Gasteiger charge is 2.32. The highest BCUT2D eigenvalue weighted by Crippen LogP contribution is 2.31. The summed E-state index contributed by atoms with van der Waals surface area (Å²) in [4.78, 5) is 28.6. The van der Waals surface area contributed by atoms with Crippen molar-refractivity contribution in [3.05, 3.63) is 71.7 Å². The van der Waals surface area contributed by atoms with Crippen LogP contribution in [0.4, 0.5) is 0 Å². The number of sulfonamides is 1. The topological polar surface area (TPSA) is 96.4 Å². The largest absolute Gasteiger partial charge is 0.335 e. The van der Waals surface area contributed by atoms with E-state index in [0.29, 0.717) is 15.6 Å². The molecule has 0 spiro atoms. The second-order valence-electron chi connectivity index (χ2n) is 8.21. The maximum absolute atomic E-state index is 13.4. The van der Waals surface area contributed by atoms with Gasteiger partial charge >= 0.3 is 0 Å². The van der Waals surface area contributed by atoms with Gasteiger partial charge < -0.3 is 4.90 Å². The van der Waals surface area contributed by atoms with E-state index in [9.17, 15) is 13.2 Å². The van der Waals surface area contributed by atoms with Crippen LogP contribution in [0, 0.1) is 13.8 Å². The molecule has 0 aliphatic carbocycles. The molecule has 2 aromatic heterocycles. The van der Waals surface area contributed by atoms with Crippen LogP contribution in [-0.2, 0) is 10.0 Å². The number of nitrogens with zero attached hydrogens (tertiary/aromatic N) is 5. The van der Waals surface area contributed by atoms with Crippen molar-refractivity contribution in [2.75, 3.05) is 26.2 Å². The fraction of sp³-hybridized carbons (Fsp3) is 0.250. The van der Waals surface area contributed by atoms with Crippen molar-refractivity contribution in [2.45, 2.75) is 18.7 Å². The molecule has 0 N–H and O–H groups in total. The van der Waals surface area contributed by atoms with Gasteiger partial charge in [-0.3, -0.25) is 4.79 Å². The SMILES string of the molecule is Cc1ccc(S(=O)(=O)N2CCN(C(=O)c3nccnc3-c3nc4ccccc4s3)CC2)c(C)c1. The third kappa shape index (κ3) is 4.08. The molecule has 1 aliphatic rings. The Labute approximate surface area is 202 Å². The minimum atomic E-state index is -3.63. The molecule has 5 rings (SSSR count). The Balaban J connectivity index is 1.36. The number of hydrogen-bond donors (Lipinski definition) is 0. The first-order valence-corrected chi connectivity index (χ1v) is 13.1. The Kier molecular flexibility index (Phi) is 5.88. The smallest absolute Gasteiger partial charge is 0.274 e. The summed E-state index contributed by atoms with van der Waals surface area (Å²) in [5.41, 5.74) is 3.25. The van der Waals surface area contributed by atoms with E-state index in [2.05, 4.69) is 15.0 Å². The molecule has 10 heteroatoms. The average Bonchev–Trinajstić information content (AvgIpc) is 3.28. The van der Waals surface area contributed by atoms with Gasteiger partial charge in [0.2, 0.25) is 10.0 Å². The Hall–Kier alpha value is -3.21. The number of fused-ring (bicyclic) bond motifs is 1. The molecular weight excluding hydrogens is 470 g/mol. The number of benzene rings is 2. The number of amides is 1. The number of thiazole rings is 1. The van der Waals surface area contributed by atoms with Crippen molar-refractivity contribution < 1.29 is 13.2 Å². The highest BCUT2D eigenvalue weighted by molar-refractivity contribution is 7.89. The molecule has 0 radical (unpaired) electrons. The highest BCUT2D eigenvalue weighted by atomic mass is 32.2. The number of hydrogen-bond acceptors (Lipinski definition) is 7. The summed E-state index contributed by atoms with van der Waals surface area (Å²) in [6.45, 7) is 4.73. The molecule has 0 unspecified atom stereocenters. The van der Waals surface area contributed by atoms with E-state index in [1.165, 1.54) is 21.8 Å². The third-order valence-corrected chi connectivity index (χ3v) is 8.97. The van der Waals surface area contributed by atoms with Crippen LogP contribution in [0.2, 0.25) is 0 Å². The first-order valence-electron chi connectivity index (χ1n) is 10.9. The van der Waals surface area contributed by atoms with Gasteiger partial charge in [-0.05, 0) is 37.6 Å². The minimum absolute atomic E-state index is 0.220. The molecule has 3 heterocycles. The summed E-state index contributed by atoms with van der Waals surface area (Å²) in [6.07, 6.45) is 3.04. The van der Waals surface area contributed by atoms with E-state index < -0.39 is 10.0 Å². The quantitative estimate of drug-likeness (QED) is 0.432. The van der Waals surface area contributed by atoms with Crippen LogP contribution in [0.25, 0.3) is 20.9 Å². The van der Waals surface area contributed by atoms with Gasteiger partial charge in [-0.15, -0.1) is 11.3 Å². The Morgan fingerprint density at radius 1 is 0.971 bits per heavy atom. The van der Waals surface area contributed by atoms with Crippen molar-refractivity contribution >= 4 is 37.5 Å². The minimum Gasteiger partial charge on any atom is -0.335 e. The number of carbonyl (C=O) groups is 1. The molecule has 34 heavy (non-hydrogen) atoms. The van der Waals surface area contributed by atoms with E-state index in [1.54, 1.807) is 30.2 Å². The fourth-order valence-corrected chi connectivity index (χ4v) is 6.72. The van der Waals surface area contributed by atoms with E-state index in [0.717, 1.165) is 21.3 Å². The summed E-state index contributed by atoms with van der Waals surface area (Å²) in [5, 5.41) is 0.633. The number of aryl methyl sites for hydroxylation is 2. The monoisotopic (exact) mass is 493 g/mol. The number of para-hydroxylation sites is 1. The molecule has 0 bridgehead atoms. The van der Waals surface area contributed by atoms with Crippen molar-refractivity contribution in [1.29, 1.82) is 0 Å². The Morgan fingerprint density at radius 2 is 1.71 bits per heavy atom. The van der Waals surface area contributed by atoms with Gasteiger partial charge in [-0.2, -0.15) is 4.31 Å². The van der Waals surface area contributed by atoms with Gasteiger partial charge in [-0.1, -0.05) is 29.8 Å². The van der Waals surface area contributed by atoms with Crippen LogP contribution >= 0.6 is 11.3 Å². The molecule has 1 saturated heterocycles. The summed E-state index contributed by atoms with van der Waals surface area (Å²) in [7, 11) is -3.63. The van der Waals surface area contributed by atoms with Gasteiger partial charge in [0, 0.05) is 38.6 Å². The first kappa shape index (κ1) is 22.6. The molecule has 1 aliphatic heterocycles. The second kappa shape index (κ2) is 8.86. The van der Waals surface area contributed by atoms with Crippen molar-refractivity contribution in [2.24, 2.45) is 0 Å². The van der Waals surface area contributed by atoms with Crippen LogP contribution in [0.5, 0.6) is 0 Å². The summed E-state index contributed by atoms with van der Waals surface area (Å²) >= 11 is 1.46. The summed E-state index contributed by atoms with van der Waals surface area (Å²) in [6, 6.07) is 13.1. The maximum atomic E-state index is 13.4. The van der Waals surface area contributed by atoms with Crippen molar-refractivity contribution in [3.8, 4) is 10.7 Å². The number of piperazine rings is 1. The molecule has 0 saturated carbocycles. The Morgan fingerprint density at radius 3 is 2.44 bits per heavy atom. The van der Waals surface area contributed by atoms with Gasteiger partial charge in [0.1, 0.15) is 10.7 Å². The summed E-state index contributed by atoms with van der Waals surface area (Å²) in [5.74, 6) is -0.272. The van der Waals surface area contributed by atoms with Crippen molar-refractivity contribution in [3.63, 3.8) is 0 Å². The lowest BCUT2D eigenvalue weighted by atomic mass is 10.2. The number of aromatic nitrogens is 3. The standard InChI is InChI=1S/C24H23N5O3S2/c1-16-7-8-20(17(2)15-16)34(31,32)29-13-11-28(12-14-29)24(30)22-21(25-9-10-26-22)23-27-18-5-3-4-6-19(18)33-23/h3-10,15H,11-14H2,1-2H3. The Bertz CT molecular complexity index is 1460. The first-order chi connectivity index (χ1) is 16.3. The van der Waals surface area contributed by atoms with Crippen LogP contribution in [0.3, 0.4) is 0 Å². The van der Waals surface area contributed by atoms with E-state index >= 15 is 0 Å². The van der Waals surface area contributed by atoms with E-state index in [4.69, 9.17) is 0 Å². The molecule has 4 aromatic rings. The zero-order valence-electron chi connectivity index (χ0n) is 18.8. The lowest BCUT2D eigenvalue weighted by Gasteiger charge is -2.34. The maximum Gasteiger partial charge on any atom is 0.274 e. The predicted molar refractivity (Wildman–Crippen MR) is 131 cm³/mol. The van der Waals surface area contributed by atoms with E-state index in [-0.39, 0.29) is 37.8 Å².